The molecule has 0 aliphatic rings. The predicted octanol–water partition coefficient (Wildman–Crippen LogP) is -3.63. The Morgan fingerprint density at radius 1 is 1.00 bits per heavy atom. The normalized spacial score (nSPS) is 8.60. The van der Waals surface area contributed by atoms with Gasteiger partial charge in [0.1, 0.15) is 0 Å². The maximum absolute atomic E-state index is 8.88. The van der Waals surface area contributed by atoms with E-state index in [0.29, 0.717) is 0 Å². The van der Waals surface area contributed by atoms with Crippen molar-refractivity contribution in [1.29, 1.82) is 0 Å². The van der Waals surface area contributed by atoms with Crippen molar-refractivity contribution in [3.8, 4) is 0 Å². The summed E-state index contributed by atoms with van der Waals surface area (Å²) in [5, 5.41) is 21.5. The molecule has 0 aliphatic heterocycles. The summed E-state index contributed by atoms with van der Waals surface area (Å²) in [5.74, 6) is 0. The van der Waals surface area contributed by atoms with Gasteiger partial charge in [0.25, 0.3) is 0 Å². The first-order chi connectivity index (χ1) is 3.73. The average molecular weight is 184 g/mol. The molecule has 0 aromatic carbocycles. The van der Waals surface area contributed by atoms with E-state index in [1.807, 2.05) is 0 Å². The van der Waals surface area contributed by atoms with Crippen LogP contribution in [0.1, 0.15) is 0 Å². The molecule has 0 heterocycles. The minimum atomic E-state index is -4.64. The molecule has 0 saturated heterocycles. The van der Waals surface area contributed by atoms with Crippen LogP contribution in [0.4, 0.5) is 0 Å². The molecular formula is H7BNaO7P. The van der Waals surface area contributed by atoms with Crippen molar-refractivity contribution < 1.29 is 34.3 Å². The summed E-state index contributed by atoms with van der Waals surface area (Å²) in [6, 6.07) is 0. The Bertz CT molecular complexity index is 84.8. The molecule has 0 saturated carbocycles. The van der Waals surface area contributed by atoms with E-state index >= 15 is 0 Å². The van der Waals surface area contributed by atoms with Crippen molar-refractivity contribution in [2.24, 2.45) is 0 Å². The first kappa shape index (κ1) is 17.2. The van der Waals surface area contributed by atoms with E-state index in [1.165, 1.54) is 0 Å². The Hall–Kier alpha value is 1.05. The monoisotopic (exact) mass is 184 g/mol. The number of hydrogen-bond acceptors (Lipinski definition) is 4. The van der Waals surface area contributed by atoms with Gasteiger partial charge in [-0.25, -0.2) is 4.57 Å². The van der Waals surface area contributed by atoms with Crippen LogP contribution in [0.3, 0.4) is 0 Å². The second-order valence-corrected chi connectivity index (χ2v) is 1.89. The summed E-state index contributed by atoms with van der Waals surface area (Å²) in [6.45, 7) is 0. The van der Waals surface area contributed by atoms with Crippen molar-refractivity contribution in [1.82, 2.24) is 0 Å². The second kappa shape index (κ2) is 8.15. The molecule has 0 rings (SSSR count). The molecule has 10 heteroatoms. The van der Waals surface area contributed by atoms with Gasteiger partial charge in [0.15, 0.2) is 0 Å². The number of rotatable bonds is 0. The first-order valence-electron chi connectivity index (χ1n) is 1.56. The van der Waals surface area contributed by atoms with E-state index in [2.05, 4.69) is 0 Å². The third-order valence-corrected chi connectivity index (χ3v) is 0. The zero-order chi connectivity index (χ0) is 8.08. The van der Waals surface area contributed by atoms with Crippen molar-refractivity contribution in [2.75, 3.05) is 0 Å². The molecule has 0 unspecified atom stereocenters. The Kier molecular flexibility index (Phi) is 14.0. The van der Waals surface area contributed by atoms with Gasteiger partial charge in [-0.15, -0.1) is 0 Å². The van der Waals surface area contributed by atoms with Gasteiger partial charge in [0, 0.05) is 0 Å². The SMILES string of the molecule is O=P(O)(O)O.OB(O)O.[NaH]. The minimum absolute atomic E-state index is 0. The second-order valence-electron chi connectivity index (χ2n) is 0.860. The Labute approximate surface area is 79.0 Å². The summed E-state index contributed by atoms with van der Waals surface area (Å²) in [4.78, 5) is 21.6. The van der Waals surface area contributed by atoms with Crippen molar-refractivity contribution >= 4 is 44.7 Å². The Morgan fingerprint density at radius 3 is 1.00 bits per heavy atom. The molecule has 6 N–H and O–H groups in total. The maximum atomic E-state index is 8.88. The summed E-state index contributed by atoms with van der Waals surface area (Å²) in [6.07, 6.45) is 0. The van der Waals surface area contributed by atoms with Crippen LogP contribution in [0.15, 0.2) is 0 Å². The van der Waals surface area contributed by atoms with E-state index in [-0.39, 0.29) is 29.6 Å². The van der Waals surface area contributed by atoms with E-state index in [0.717, 1.165) is 0 Å². The molecule has 0 fully saturated rings. The van der Waals surface area contributed by atoms with Gasteiger partial charge in [0.2, 0.25) is 0 Å². The van der Waals surface area contributed by atoms with Crippen LogP contribution in [0, 0.1) is 0 Å². The molecule has 0 aliphatic carbocycles. The van der Waals surface area contributed by atoms with Crippen molar-refractivity contribution in [3.63, 3.8) is 0 Å². The van der Waals surface area contributed by atoms with E-state index < -0.39 is 15.1 Å². The molecule has 0 spiro atoms. The molecule has 58 valence electrons. The first-order valence-corrected chi connectivity index (χ1v) is 3.12. The number of hydrogen-bond donors (Lipinski definition) is 6. The zero-order valence-electron chi connectivity index (χ0n) is 4.12. The molecule has 0 aromatic rings. The van der Waals surface area contributed by atoms with Gasteiger partial charge in [-0.05, 0) is 0 Å². The molecule has 0 amide bonds. The summed E-state index contributed by atoms with van der Waals surface area (Å²) in [7, 11) is -6.81. The molecular weight excluding hydrogens is 177 g/mol. The van der Waals surface area contributed by atoms with Crippen LogP contribution >= 0.6 is 7.82 Å². The molecule has 0 atom stereocenters. The quantitative estimate of drug-likeness (QED) is 0.168. The third kappa shape index (κ3) is 528. The standard InChI is InChI=1S/BH3O3.Na.H3O4P.H/c2-1(3)4;;1-5(2,3)4;/h2-4H;;(H3,1,2,3,4);. The Morgan fingerprint density at radius 2 is 1.00 bits per heavy atom. The number of phosphoric acid groups is 1. The topological polar surface area (TPSA) is 138 Å². The van der Waals surface area contributed by atoms with Gasteiger partial charge in [-0.3, -0.25) is 0 Å². The van der Waals surface area contributed by atoms with E-state index in [4.69, 9.17) is 34.3 Å². The van der Waals surface area contributed by atoms with Crippen LogP contribution in [0.5, 0.6) is 0 Å². The van der Waals surface area contributed by atoms with Gasteiger partial charge in [-0.2, -0.15) is 0 Å². The van der Waals surface area contributed by atoms with Gasteiger partial charge >= 0.3 is 44.7 Å². The summed E-state index contributed by atoms with van der Waals surface area (Å²) < 4.78 is 8.88. The molecule has 7 nitrogen and oxygen atoms in total. The fraction of sp³-hybridized carbons (Fsp3) is 0. The molecule has 10 heavy (non-hydrogen) atoms. The predicted molar refractivity (Wildman–Crippen MR) is 33.8 cm³/mol. The molecule has 0 aromatic heterocycles. The van der Waals surface area contributed by atoms with Crippen LogP contribution in [0.25, 0.3) is 0 Å². The van der Waals surface area contributed by atoms with E-state index in [1.54, 1.807) is 0 Å². The zero-order valence-corrected chi connectivity index (χ0v) is 5.01. The molecule has 0 radical (unpaired) electrons. The van der Waals surface area contributed by atoms with Crippen LogP contribution < -0.4 is 0 Å². The van der Waals surface area contributed by atoms with Crippen molar-refractivity contribution in [2.45, 2.75) is 0 Å². The van der Waals surface area contributed by atoms with Crippen LogP contribution in [-0.4, -0.2) is 66.6 Å². The van der Waals surface area contributed by atoms with Crippen molar-refractivity contribution in [3.05, 3.63) is 0 Å². The van der Waals surface area contributed by atoms with Crippen LogP contribution in [0.2, 0.25) is 0 Å². The van der Waals surface area contributed by atoms with Crippen LogP contribution in [-0.2, 0) is 4.57 Å². The van der Waals surface area contributed by atoms with E-state index in [9.17, 15) is 0 Å². The fourth-order valence-electron chi connectivity index (χ4n) is 0. The summed E-state index contributed by atoms with van der Waals surface area (Å²) in [5.41, 5.74) is 0. The summed E-state index contributed by atoms with van der Waals surface area (Å²) >= 11 is 0. The third-order valence-electron chi connectivity index (χ3n) is 0. The average Bonchev–Trinajstić information content (AvgIpc) is 1.19. The van der Waals surface area contributed by atoms with Gasteiger partial charge in [0.05, 0.1) is 0 Å². The fourth-order valence-corrected chi connectivity index (χ4v) is 0. The van der Waals surface area contributed by atoms with Gasteiger partial charge in [-0.1, -0.05) is 0 Å². The van der Waals surface area contributed by atoms with Gasteiger partial charge < -0.3 is 29.8 Å². The molecule has 0 bridgehead atoms. The Balaban J connectivity index is -0.0000000910.